The lowest BCUT2D eigenvalue weighted by Gasteiger charge is -2.35. The number of rotatable bonds is 3. The molecule has 0 bridgehead atoms. The van der Waals surface area contributed by atoms with Gasteiger partial charge in [-0.25, -0.2) is 4.98 Å². The molecule has 1 aromatic carbocycles. The Kier molecular flexibility index (Phi) is 5.55. The zero-order valence-corrected chi connectivity index (χ0v) is 17.9. The van der Waals surface area contributed by atoms with E-state index in [0.29, 0.717) is 11.5 Å². The molecule has 1 aromatic heterocycles. The van der Waals surface area contributed by atoms with Gasteiger partial charge in [0.2, 0.25) is 5.95 Å². The molecule has 158 valence electrons. The van der Waals surface area contributed by atoms with Crippen molar-refractivity contribution in [3.05, 3.63) is 102 Å². The van der Waals surface area contributed by atoms with Gasteiger partial charge in [0.25, 0.3) is 5.91 Å². The van der Waals surface area contributed by atoms with E-state index in [4.69, 9.17) is 0 Å². The molecule has 2 atom stereocenters. The molecule has 31 heavy (non-hydrogen) atoms. The fourth-order valence-electron chi connectivity index (χ4n) is 4.21. The molecule has 1 fully saturated rings. The fraction of sp³-hybridized carbons (Fsp3) is 0.240. The van der Waals surface area contributed by atoms with Crippen LogP contribution < -0.4 is 0 Å². The highest BCUT2D eigenvalue weighted by molar-refractivity contribution is 6.02. The van der Waals surface area contributed by atoms with Gasteiger partial charge in [0.15, 0.2) is 0 Å². The van der Waals surface area contributed by atoms with Crippen molar-refractivity contribution in [2.75, 3.05) is 14.1 Å². The van der Waals surface area contributed by atoms with Crippen molar-refractivity contribution in [3.8, 4) is 0 Å². The van der Waals surface area contributed by atoms with Crippen LogP contribution in [0.25, 0.3) is 0 Å². The SMILES string of the molecule is C=C1C(C)CC(=NC)/C(=C\C=C\N2C(=O)c3ccccc3C2c2ccc(F)nc2)N1C. The van der Waals surface area contributed by atoms with Crippen LogP contribution in [0.15, 0.2) is 83.9 Å². The summed E-state index contributed by atoms with van der Waals surface area (Å²) in [6.07, 6.45) is 7.89. The van der Waals surface area contributed by atoms with Crippen LogP contribution in [0.4, 0.5) is 4.39 Å². The lowest BCUT2D eigenvalue weighted by atomic mass is 9.93. The van der Waals surface area contributed by atoms with Crippen LogP contribution in [0.3, 0.4) is 0 Å². The molecular formula is C25H25FN4O. The number of aromatic nitrogens is 1. The van der Waals surface area contributed by atoms with Crippen molar-refractivity contribution < 1.29 is 9.18 Å². The second-order valence-corrected chi connectivity index (χ2v) is 7.84. The first-order valence-electron chi connectivity index (χ1n) is 10.2. The third-order valence-corrected chi connectivity index (χ3v) is 5.99. The molecule has 0 aliphatic carbocycles. The molecule has 0 N–H and O–H groups in total. The Morgan fingerprint density at radius 2 is 2.03 bits per heavy atom. The number of nitrogens with zero attached hydrogens (tertiary/aromatic N) is 4. The van der Waals surface area contributed by atoms with E-state index in [0.717, 1.165) is 34.7 Å². The van der Waals surface area contributed by atoms with Crippen LogP contribution in [-0.2, 0) is 0 Å². The van der Waals surface area contributed by atoms with Gasteiger partial charge >= 0.3 is 0 Å². The molecule has 4 rings (SSSR count). The third kappa shape index (κ3) is 3.69. The Morgan fingerprint density at radius 1 is 1.26 bits per heavy atom. The second kappa shape index (κ2) is 8.30. The van der Waals surface area contributed by atoms with E-state index < -0.39 is 5.95 Å². The summed E-state index contributed by atoms with van der Waals surface area (Å²) in [6.45, 7) is 6.32. The summed E-state index contributed by atoms with van der Waals surface area (Å²) in [5.41, 5.74) is 5.28. The number of hydrogen-bond acceptors (Lipinski definition) is 4. The second-order valence-electron chi connectivity index (χ2n) is 7.84. The zero-order valence-electron chi connectivity index (χ0n) is 17.9. The summed E-state index contributed by atoms with van der Waals surface area (Å²) in [6, 6.07) is 10.1. The van der Waals surface area contributed by atoms with Gasteiger partial charge in [0, 0.05) is 43.7 Å². The van der Waals surface area contributed by atoms with Gasteiger partial charge in [-0.05, 0) is 41.8 Å². The molecule has 0 radical (unpaired) electrons. The molecule has 1 saturated heterocycles. The number of amides is 1. The van der Waals surface area contributed by atoms with Crippen LogP contribution in [0.1, 0.15) is 40.9 Å². The molecule has 5 nitrogen and oxygen atoms in total. The normalized spacial score (nSPS) is 24.0. The number of benzene rings is 1. The zero-order chi connectivity index (χ0) is 22.1. The van der Waals surface area contributed by atoms with Crippen molar-refractivity contribution in [1.29, 1.82) is 0 Å². The highest BCUT2D eigenvalue weighted by atomic mass is 19.1. The van der Waals surface area contributed by atoms with Crippen molar-refractivity contribution in [2.24, 2.45) is 10.9 Å². The lowest BCUT2D eigenvalue weighted by molar-refractivity contribution is 0.0823. The number of pyridine rings is 1. The Bertz CT molecular complexity index is 1120. The first-order valence-corrected chi connectivity index (χ1v) is 10.2. The summed E-state index contributed by atoms with van der Waals surface area (Å²) in [7, 11) is 3.77. The van der Waals surface area contributed by atoms with Crippen molar-refractivity contribution in [1.82, 2.24) is 14.8 Å². The summed E-state index contributed by atoms with van der Waals surface area (Å²) >= 11 is 0. The predicted octanol–water partition coefficient (Wildman–Crippen LogP) is 4.72. The number of likely N-dealkylation sites (tertiary alicyclic amines) is 1. The Balaban J connectivity index is 1.70. The summed E-state index contributed by atoms with van der Waals surface area (Å²) in [4.78, 5) is 25.1. The first-order chi connectivity index (χ1) is 14.9. The quantitative estimate of drug-likeness (QED) is 0.681. The molecular weight excluding hydrogens is 391 g/mol. The minimum Gasteiger partial charge on any atom is -0.347 e. The Morgan fingerprint density at radius 3 is 2.74 bits per heavy atom. The number of hydrogen-bond donors (Lipinski definition) is 0. The van der Waals surface area contributed by atoms with Crippen molar-refractivity contribution in [2.45, 2.75) is 19.4 Å². The largest absolute Gasteiger partial charge is 0.347 e. The van der Waals surface area contributed by atoms with Gasteiger partial charge in [0.1, 0.15) is 0 Å². The fourth-order valence-corrected chi connectivity index (χ4v) is 4.21. The number of carbonyl (C=O) groups excluding carboxylic acids is 1. The van der Waals surface area contributed by atoms with E-state index in [1.807, 2.05) is 48.4 Å². The van der Waals surface area contributed by atoms with Crippen molar-refractivity contribution >= 4 is 11.6 Å². The van der Waals surface area contributed by atoms with Crippen molar-refractivity contribution in [3.63, 3.8) is 0 Å². The molecule has 2 unspecified atom stereocenters. The number of aliphatic imine (C=N–C) groups is 1. The number of halogens is 1. The van der Waals surface area contributed by atoms with E-state index in [1.54, 1.807) is 24.2 Å². The number of fused-ring (bicyclic) bond motifs is 1. The summed E-state index contributed by atoms with van der Waals surface area (Å²) < 4.78 is 13.4. The minimum absolute atomic E-state index is 0.0982. The maximum atomic E-state index is 13.4. The standard InChI is InChI=1S/C25H25FN4O/c1-16-14-21(27-3)22(29(4)17(16)2)10-7-13-30-24(18-11-12-23(26)28-15-18)19-8-5-6-9-20(19)25(30)31/h5-13,15-16,24H,2,14H2,1,3-4H3/b13-7+,22-10+,27-21?. The van der Waals surface area contributed by atoms with Crippen LogP contribution in [0.5, 0.6) is 0 Å². The average molecular weight is 417 g/mol. The van der Waals surface area contributed by atoms with E-state index in [2.05, 4.69) is 23.5 Å². The molecule has 0 spiro atoms. The van der Waals surface area contributed by atoms with Gasteiger partial charge in [0.05, 0.1) is 17.5 Å². The van der Waals surface area contributed by atoms with Gasteiger partial charge < -0.3 is 9.80 Å². The van der Waals surface area contributed by atoms with E-state index in [9.17, 15) is 9.18 Å². The third-order valence-electron chi connectivity index (χ3n) is 5.99. The first kappa shape index (κ1) is 20.7. The van der Waals surface area contributed by atoms with Crippen LogP contribution in [-0.4, -0.2) is 40.5 Å². The molecule has 2 aromatic rings. The van der Waals surface area contributed by atoms with Crippen LogP contribution in [0, 0.1) is 11.9 Å². The van der Waals surface area contributed by atoms with E-state index in [1.165, 1.54) is 12.3 Å². The molecule has 2 aliphatic heterocycles. The van der Waals surface area contributed by atoms with Gasteiger partial charge in [-0.15, -0.1) is 0 Å². The topological polar surface area (TPSA) is 48.8 Å². The lowest BCUT2D eigenvalue weighted by Crippen LogP contribution is -2.33. The molecule has 1 amide bonds. The smallest absolute Gasteiger partial charge is 0.259 e. The van der Waals surface area contributed by atoms with Gasteiger partial charge in [-0.3, -0.25) is 9.79 Å². The van der Waals surface area contributed by atoms with Gasteiger partial charge in [-0.2, -0.15) is 4.39 Å². The summed E-state index contributed by atoms with van der Waals surface area (Å²) in [5, 5.41) is 0. The number of carbonyl (C=O) groups is 1. The highest BCUT2D eigenvalue weighted by Crippen LogP contribution is 2.38. The average Bonchev–Trinajstić information content (AvgIpc) is 3.06. The molecule has 3 heterocycles. The predicted molar refractivity (Wildman–Crippen MR) is 120 cm³/mol. The maximum Gasteiger partial charge on any atom is 0.259 e. The molecule has 6 heteroatoms. The van der Waals surface area contributed by atoms with Gasteiger partial charge in [-0.1, -0.05) is 37.8 Å². The molecule has 0 saturated carbocycles. The Hall–Kier alpha value is -3.54. The maximum absolute atomic E-state index is 13.4. The molecule has 2 aliphatic rings. The monoisotopic (exact) mass is 416 g/mol. The number of piperidine rings is 1. The summed E-state index contributed by atoms with van der Waals surface area (Å²) in [5.74, 6) is -0.316. The highest BCUT2D eigenvalue weighted by Gasteiger charge is 2.36. The minimum atomic E-state index is -0.547. The Labute approximate surface area is 181 Å². The van der Waals surface area contributed by atoms with Crippen LogP contribution in [0.2, 0.25) is 0 Å². The van der Waals surface area contributed by atoms with Crippen LogP contribution >= 0.6 is 0 Å². The van der Waals surface area contributed by atoms with E-state index in [-0.39, 0.29) is 11.9 Å². The van der Waals surface area contributed by atoms with E-state index >= 15 is 0 Å². The number of allylic oxidation sites excluding steroid dienone is 4.